The molecular weight excluding hydrogens is 514 g/mol. The first-order valence-corrected chi connectivity index (χ1v) is 13.1. The molecule has 0 unspecified atom stereocenters. The molecule has 4 aromatic rings. The Morgan fingerprint density at radius 3 is 2.72 bits per heavy atom. The zero-order chi connectivity index (χ0) is 27.1. The summed E-state index contributed by atoms with van der Waals surface area (Å²) >= 11 is 1.24. The van der Waals surface area contributed by atoms with Crippen LogP contribution < -0.4 is 15.0 Å². The molecule has 194 valence electrons. The Labute approximate surface area is 228 Å². The number of carbonyl (C=O) groups is 3. The Morgan fingerprint density at radius 1 is 1.13 bits per heavy atom. The lowest BCUT2D eigenvalue weighted by atomic mass is 10.1. The van der Waals surface area contributed by atoms with E-state index in [9.17, 15) is 14.4 Å². The van der Waals surface area contributed by atoms with Gasteiger partial charge in [0.15, 0.2) is 0 Å². The van der Waals surface area contributed by atoms with Crippen LogP contribution in [0.25, 0.3) is 10.2 Å². The zero-order valence-corrected chi connectivity index (χ0v) is 21.8. The van der Waals surface area contributed by atoms with Crippen molar-refractivity contribution in [3.63, 3.8) is 0 Å². The molecule has 0 bridgehead atoms. The summed E-state index contributed by atoms with van der Waals surface area (Å²) in [6.45, 7) is 6.04. The van der Waals surface area contributed by atoms with E-state index in [2.05, 4.69) is 21.9 Å². The van der Waals surface area contributed by atoms with Gasteiger partial charge >= 0.3 is 6.03 Å². The minimum Gasteiger partial charge on any atom is -0.457 e. The predicted octanol–water partition coefficient (Wildman–Crippen LogP) is 6.08. The second-order valence-electron chi connectivity index (χ2n) is 9.14. The summed E-state index contributed by atoms with van der Waals surface area (Å²) in [5.74, 6) is 0.724. The molecule has 1 fully saturated rings. The summed E-state index contributed by atoms with van der Waals surface area (Å²) in [6.07, 6.45) is 3.30. The van der Waals surface area contributed by atoms with Crippen LogP contribution in [0, 0.1) is 6.92 Å². The Morgan fingerprint density at radius 2 is 1.95 bits per heavy atom. The lowest BCUT2D eigenvalue weighted by Gasteiger charge is -2.29. The van der Waals surface area contributed by atoms with Crippen molar-refractivity contribution in [1.29, 1.82) is 0 Å². The summed E-state index contributed by atoms with van der Waals surface area (Å²) < 4.78 is 5.95. The first kappa shape index (κ1) is 24.5. The highest BCUT2D eigenvalue weighted by atomic mass is 32.1. The maximum absolute atomic E-state index is 13.5. The molecule has 0 radical (unpaired) electrons. The standard InChI is InChI=1S/C29H23N5O4S/c1-3-23(35)31-18-12-14-33(16-18)28(36)26-25-24-22(11-13-30-27(24)39-26)34(29(37)32-25)21-10-9-20(15-17(21)2)38-19-7-5-4-6-8-19/h3-11,13,15H,1,12,14,16H2,2H3,(H,32,37). The topological polar surface area (TPSA) is 104 Å². The number of aryl methyl sites for hydroxylation is 1. The van der Waals surface area contributed by atoms with Crippen LogP contribution in [0.3, 0.4) is 0 Å². The van der Waals surface area contributed by atoms with Crippen molar-refractivity contribution in [3.05, 3.63) is 83.9 Å². The Bertz CT molecular complexity index is 1690. The maximum atomic E-state index is 13.5. The van der Waals surface area contributed by atoms with Crippen molar-refractivity contribution in [3.8, 4) is 11.5 Å². The van der Waals surface area contributed by atoms with E-state index in [0.29, 0.717) is 56.6 Å². The van der Waals surface area contributed by atoms with Crippen molar-refractivity contribution in [2.75, 3.05) is 23.3 Å². The minimum absolute atomic E-state index is 0.234. The highest BCUT2D eigenvalue weighted by Gasteiger charge is 2.35. The van der Waals surface area contributed by atoms with Crippen LogP contribution in [0.2, 0.25) is 0 Å². The van der Waals surface area contributed by atoms with Gasteiger partial charge in [-0.25, -0.2) is 14.8 Å². The molecule has 2 aliphatic rings. The summed E-state index contributed by atoms with van der Waals surface area (Å²) in [5, 5.41) is 3.65. The van der Waals surface area contributed by atoms with E-state index in [0.717, 1.165) is 17.4 Å². The molecule has 2 aromatic heterocycles. The molecule has 0 spiro atoms. The number of nitrogens with zero attached hydrogens (tertiary/aromatic N) is 4. The smallest absolute Gasteiger partial charge is 0.331 e. The van der Waals surface area contributed by atoms with Crippen LogP contribution >= 0.6 is 11.3 Å². The third kappa shape index (κ3) is 4.44. The monoisotopic (exact) mass is 537 g/mol. The maximum Gasteiger partial charge on any atom is 0.331 e. The number of thiophene rings is 1. The number of urea groups is 1. The predicted molar refractivity (Wildman–Crippen MR) is 152 cm³/mol. The van der Waals surface area contributed by atoms with Crippen LogP contribution in [0.5, 0.6) is 11.5 Å². The Balaban J connectivity index is 1.33. The van der Waals surface area contributed by atoms with E-state index >= 15 is 0 Å². The van der Waals surface area contributed by atoms with E-state index in [1.165, 1.54) is 11.3 Å². The normalized spacial score (nSPS) is 15.5. The van der Waals surface area contributed by atoms with Crippen LogP contribution in [0.15, 0.2) is 78.4 Å². The van der Waals surface area contributed by atoms with Crippen LogP contribution in [0.4, 0.5) is 21.9 Å². The van der Waals surface area contributed by atoms with Crippen LogP contribution in [0.1, 0.15) is 21.7 Å². The second-order valence-corrected chi connectivity index (χ2v) is 10.1. The summed E-state index contributed by atoms with van der Waals surface area (Å²) in [5.41, 5.74) is 3.27. The molecule has 0 aliphatic carbocycles. The Kier molecular flexibility index (Phi) is 6.16. The molecule has 4 amide bonds. The van der Waals surface area contributed by atoms with Gasteiger partial charge in [0.1, 0.15) is 21.2 Å². The number of amides is 4. The van der Waals surface area contributed by atoms with Gasteiger partial charge in [-0.05, 0) is 55.0 Å². The summed E-state index contributed by atoms with van der Waals surface area (Å²) in [4.78, 5) is 51.4. The van der Waals surface area contributed by atoms with E-state index in [1.54, 1.807) is 22.1 Å². The number of ether oxygens (including phenoxy) is 1. The van der Waals surface area contributed by atoms with Crippen molar-refractivity contribution < 1.29 is 19.1 Å². The molecule has 10 heteroatoms. The Hall–Kier alpha value is -4.83. The number of benzene rings is 2. The van der Waals surface area contributed by atoms with Gasteiger partial charge in [-0.1, -0.05) is 24.8 Å². The first-order chi connectivity index (χ1) is 18.9. The van der Waals surface area contributed by atoms with E-state index in [4.69, 9.17) is 4.74 Å². The summed E-state index contributed by atoms with van der Waals surface area (Å²) in [7, 11) is 0. The summed E-state index contributed by atoms with van der Waals surface area (Å²) in [6, 6.07) is 16.4. The SMILES string of the molecule is C=CC(=O)N=C1CCN(C(=O)c2sc3nccc4c3c2NC(=O)N4c2ccc(Oc3ccccc3)cc2C)C1. The number of rotatable bonds is 5. The van der Waals surface area contributed by atoms with Crippen LogP contribution in [-0.2, 0) is 4.79 Å². The fraction of sp³-hybridized carbons (Fsp3) is 0.138. The fourth-order valence-corrected chi connectivity index (χ4v) is 5.88. The van der Waals surface area contributed by atoms with Crippen molar-refractivity contribution in [2.45, 2.75) is 13.3 Å². The van der Waals surface area contributed by atoms with Gasteiger partial charge in [-0.2, -0.15) is 0 Å². The van der Waals surface area contributed by atoms with Crippen LogP contribution in [-0.4, -0.2) is 46.5 Å². The molecule has 6 rings (SSSR count). The van der Waals surface area contributed by atoms with Gasteiger partial charge in [0.25, 0.3) is 11.8 Å². The first-order valence-electron chi connectivity index (χ1n) is 12.3. The van der Waals surface area contributed by atoms with Gasteiger partial charge in [0.05, 0.1) is 29.0 Å². The van der Waals surface area contributed by atoms with E-state index in [-0.39, 0.29) is 18.5 Å². The molecule has 0 saturated carbocycles. The lowest BCUT2D eigenvalue weighted by Crippen LogP contribution is -2.35. The third-order valence-electron chi connectivity index (χ3n) is 6.60. The van der Waals surface area contributed by atoms with Gasteiger partial charge in [-0.15, -0.1) is 11.3 Å². The van der Waals surface area contributed by atoms with Gasteiger partial charge < -0.3 is 15.0 Å². The molecule has 1 N–H and O–H groups in total. The molecule has 9 nitrogen and oxygen atoms in total. The number of anilines is 3. The molecule has 0 atom stereocenters. The average Bonchev–Trinajstić information content (AvgIpc) is 3.55. The fourth-order valence-electron chi connectivity index (χ4n) is 4.79. The highest BCUT2D eigenvalue weighted by Crippen LogP contribution is 2.47. The number of aromatic nitrogens is 1. The lowest BCUT2D eigenvalue weighted by molar-refractivity contribution is -0.113. The second kappa shape index (κ2) is 9.80. The number of pyridine rings is 1. The number of para-hydroxylation sites is 1. The molecule has 39 heavy (non-hydrogen) atoms. The van der Waals surface area contributed by atoms with Gasteiger partial charge in [0.2, 0.25) is 0 Å². The number of carbonyl (C=O) groups excluding carboxylic acids is 3. The van der Waals surface area contributed by atoms with Crippen molar-refractivity contribution in [1.82, 2.24) is 9.88 Å². The minimum atomic E-state index is -0.424. The number of nitrogens with one attached hydrogen (secondary N) is 1. The number of aliphatic imine (C=N–C) groups is 1. The van der Waals surface area contributed by atoms with E-state index in [1.807, 2.05) is 55.5 Å². The third-order valence-corrected chi connectivity index (χ3v) is 7.69. The van der Waals surface area contributed by atoms with Crippen molar-refractivity contribution >= 4 is 62.2 Å². The highest BCUT2D eigenvalue weighted by molar-refractivity contribution is 7.21. The average molecular weight is 538 g/mol. The quantitative estimate of drug-likeness (QED) is 0.311. The number of likely N-dealkylation sites (tertiary alicyclic amines) is 1. The zero-order valence-electron chi connectivity index (χ0n) is 21.0. The van der Waals surface area contributed by atoms with Gasteiger partial charge in [-0.3, -0.25) is 14.5 Å². The largest absolute Gasteiger partial charge is 0.457 e. The number of hydrogen-bond acceptors (Lipinski definition) is 6. The molecule has 2 aliphatic heterocycles. The molecular formula is C29H23N5O4S. The number of hydrogen-bond donors (Lipinski definition) is 1. The van der Waals surface area contributed by atoms with Gasteiger partial charge in [0, 0.05) is 24.9 Å². The molecule has 2 aromatic carbocycles. The van der Waals surface area contributed by atoms with Crippen molar-refractivity contribution in [2.24, 2.45) is 4.99 Å². The van der Waals surface area contributed by atoms with E-state index < -0.39 is 5.91 Å². The molecule has 4 heterocycles. The molecule has 1 saturated heterocycles.